The molecule has 1 aliphatic heterocycles. The molecule has 2 rings (SSSR count). The minimum absolute atomic E-state index is 0.335. The van der Waals surface area contributed by atoms with Crippen molar-refractivity contribution >= 4 is 18.9 Å². The normalized spacial score (nSPS) is 20.3. The summed E-state index contributed by atoms with van der Waals surface area (Å²) in [4.78, 5) is 0. The van der Waals surface area contributed by atoms with E-state index in [1.165, 1.54) is 0 Å². The predicted octanol–water partition coefficient (Wildman–Crippen LogP) is 2.21. The average molecular weight is 303 g/mol. The highest BCUT2D eigenvalue weighted by Gasteiger charge is 2.52. The van der Waals surface area contributed by atoms with E-state index in [1.54, 1.807) is 0 Å². The number of anilines is 1. The lowest BCUT2D eigenvalue weighted by Crippen LogP contribution is -2.41. The number of hydrazine groups is 1. The van der Waals surface area contributed by atoms with Crippen molar-refractivity contribution in [3.8, 4) is 0 Å². The zero-order valence-corrected chi connectivity index (χ0v) is 14.1. The van der Waals surface area contributed by atoms with Crippen LogP contribution < -0.4 is 16.6 Å². The maximum atomic E-state index is 6.13. The summed E-state index contributed by atoms with van der Waals surface area (Å²) in [5, 5.41) is 3.18. The van der Waals surface area contributed by atoms with E-state index in [0.717, 1.165) is 16.7 Å². The first-order chi connectivity index (χ1) is 10.3. The molecule has 4 N–H and O–H groups in total. The number of benzene rings is 1. The van der Waals surface area contributed by atoms with Crippen molar-refractivity contribution in [1.82, 2.24) is 5.32 Å². The standard InChI is InChI=1S/C16H26BN3O2/c1-15(2)16(3,4)22-17(21-15)13(11-19-5)10-12-6-8-14(20-18)9-7-12/h6-10,19-20H,11,18H2,1-5H3. The summed E-state index contributed by atoms with van der Waals surface area (Å²) in [6.07, 6.45) is 2.10. The Hall–Kier alpha value is -1.34. The van der Waals surface area contributed by atoms with E-state index in [-0.39, 0.29) is 18.3 Å². The van der Waals surface area contributed by atoms with Gasteiger partial charge in [-0.15, -0.1) is 0 Å². The summed E-state index contributed by atoms with van der Waals surface area (Å²) in [5.74, 6) is 5.39. The van der Waals surface area contributed by atoms with Crippen molar-refractivity contribution in [2.45, 2.75) is 38.9 Å². The van der Waals surface area contributed by atoms with Crippen molar-refractivity contribution in [2.75, 3.05) is 19.0 Å². The van der Waals surface area contributed by atoms with Crippen molar-refractivity contribution in [1.29, 1.82) is 0 Å². The molecule has 1 saturated heterocycles. The highest BCUT2D eigenvalue weighted by Crippen LogP contribution is 2.38. The zero-order valence-electron chi connectivity index (χ0n) is 14.1. The van der Waals surface area contributed by atoms with E-state index >= 15 is 0 Å². The van der Waals surface area contributed by atoms with Gasteiger partial charge in [0.25, 0.3) is 0 Å². The first-order valence-electron chi connectivity index (χ1n) is 7.56. The van der Waals surface area contributed by atoms with E-state index in [9.17, 15) is 0 Å². The predicted molar refractivity (Wildman–Crippen MR) is 92.2 cm³/mol. The smallest absolute Gasteiger partial charge is 0.400 e. The summed E-state index contributed by atoms with van der Waals surface area (Å²) >= 11 is 0. The minimum atomic E-state index is -0.343. The van der Waals surface area contributed by atoms with Gasteiger partial charge in [-0.2, -0.15) is 0 Å². The first kappa shape index (κ1) is 17.0. The van der Waals surface area contributed by atoms with Crippen LogP contribution in [0.2, 0.25) is 0 Å². The van der Waals surface area contributed by atoms with Crippen LogP contribution in [0.4, 0.5) is 5.69 Å². The number of nitrogens with one attached hydrogen (secondary N) is 2. The monoisotopic (exact) mass is 303 g/mol. The maximum Gasteiger partial charge on any atom is 0.491 e. The second kappa shape index (κ2) is 6.42. The summed E-state index contributed by atoms with van der Waals surface area (Å²) in [5.41, 5.74) is 4.98. The minimum Gasteiger partial charge on any atom is -0.400 e. The largest absolute Gasteiger partial charge is 0.491 e. The Bertz CT molecular complexity index is 525. The van der Waals surface area contributed by atoms with E-state index < -0.39 is 0 Å². The van der Waals surface area contributed by atoms with Crippen molar-refractivity contribution < 1.29 is 9.31 Å². The van der Waals surface area contributed by atoms with Crippen LogP contribution >= 0.6 is 0 Å². The number of likely N-dealkylation sites (N-methyl/N-ethyl adjacent to an activating group) is 1. The lowest BCUT2D eigenvalue weighted by atomic mass is 9.77. The molecule has 0 aliphatic carbocycles. The van der Waals surface area contributed by atoms with Gasteiger partial charge in [0, 0.05) is 12.2 Å². The number of nitrogen functional groups attached to an aromatic ring is 1. The molecule has 1 heterocycles. The van der Waals surface area contributed by atoms with Crippen LogP contribution in [0.3, 0.4) is 0 Å². The van der Waals surface area contributed by atoms with Crippen LogP contribution in [0.5, 0.6) is 0 Å². The van der Waals surface area contributed by atoms with Crippen LogP contribution in [-0.2, 0) is 9.31 Å². The second-order valence-electron chi connectivity index (χ2n) is 6.60. The van der Waals surface area contributed by atoms with Gasteiger partial charge in [-0.1, -0.05) is 18.2 Å². The number of hydrogen-bond donors (Lipinski definition) is 3. The van der Waals surface area contributed by atoms with Gasteiger partial charge in [0.05, 0.1) is 11.2 Å². The molecule has 0 radical (unpaired) electrons. The molecule has 5 nitrogen and oxygen atoms in total. The molecule has 0 aromatic heterocycles. The van der Waals surface area contributed by atoms with Gasteiger partial charge in [0.2, 0.25) is 0 Å². The number of nitrogens with two attached hydrogens (primary N) is 1. The molecule has 0 spiro atoms. The molecule has 0 saturated carbocycles. The van der Waals surface area contributed by atoms with Crippen molar-refractivity contribution in [2.24, 2.45) is 5.84 Å². The van der Waals surface area contributed by atoms with E-state index in [2.05, 4.69) is 44.5 Å². The Morgan fingerprint density at radius 1 is 1.14 bits per heavy atom. The molecular formula is C16H26BN3O2. The van der Waals surface area contributed by atoms with Crippen molar-refractivity contribution in [3.63, 3.8) is 0 Å². The van der Waals surface area contributed by atoms with Gasteiger partial charge in [-0.3, -0.25) is 5.84 Å². The van der Waals surface area contributed by atoms with E-state index in [0.29, 0.717) is 6.54 Å². The molecule has 0 amide bonds. The molecule has 0 unspecified atom stereocenters. The van der Waals surface area contributed by atoms with Gasteiger partial charge in [-0.25, -0.2) is 0 Å². The Labute approximate surface area is 133 Å². The molecule has 22 heavy (non-hydrogen) atoms. The third-order valence-corrected chi connectivity index (χ3v) is 4.37. The average Bonchev–Trinajstić information content (AvgIpc) is 2.68. The first-order valence-corrected chi connectivity index (χ1v) is 7.56. The van der Waals surface area contributed by atoms with Crippen LogP contribution in [0.15, 0.2) is 29.7 Å². The topological polar surface area (TPSA) is 68.5 Å². The third kappa shape index (κ3) is 3.52. The van der Waals surface area contributed by atoms with E-state index in [4.69, 9.17) is 15.2 Å². The molecule has 120 valence electrons. The maximum absolute atomic E-state index is 6.13. The van der Waals surface area contributed by atoms with Crippen LogP contribution in [0.25, 0.3) is 6.08 Å². The Balaban J connectivity index is 2.24. The Morgan fingerprint density at radius 3 is 2.14 bits per heavy atom. The molecular weight excluding hydrogens is 277 g/mol. The van der Waals surface area contributed by atoms with Crippen molar-refractivity contribution in [3.05, 3.63) is 35.3 Å². The molecule has 6 heteroatoms. The summed E-state index contributed by atoms with van der Waals surface area (Å²) in [6.45, 7) is 8.95. The fraction of sp³-hybridized carbons (Fsp3) is 0.500. The molecule has 0 atom stereocenters. The highest BCUT2D eigenvalue weighted by atomic mass is 16.7. The summed E-state index contributed by atoms with van der Waals surface area (Å²) in [7, 11) is 1.57. The zero-order chi connectivity index (χ0) is 16.4. The van der Waals surface area contributed by atoms with Gasteiger partial charge in [0.15, 0.2) is 0 Å². The lowest BCUT2D eigenvalue weighted by molar-refractivity contribution is 0.00578. The van der Waals surface area contributed by atoms with Gasteiger partial charge in [-0.05, 0) is 57.9 Å². The van der Waals surface area contributed by atoms with Crippen LogP contribution in [-0.4, -0.2) is 31.9 Å². The molecule has 1 aromatic rings. The SMILES string of the molecule is CNCC(=Cc1ccc(NN)cc1)B1OC(C)(C)C(C)(C)O1. The molecule has 1 fully saturated rings. The third-order valence-electron chi connectivity index (χ3n) is 4.37. The summed E-state index contributed by atoms with van der Waals surface area (Å²) < 4.78 is 12.3. The highest BCUT2D eigenvalue weighted by molar-refractivity contribution is 6.55. The number of rotatable bonds is 5. The van der Waals surface area contributed by atoms with Gasteiger partial charge >= 0.3 is 7.12 Å². The lowest BCUT2D eigenvalue weighted by Gasteiger charge is -2.32. The molecule has 0 bridgehead atoms. The van der Waals surface area contributed by atoms with Crippen LogP contribution in [0.1, 0.15) is 33.3 Å². The van der Waals surface area contributed by atoms with E-state index in [1.807, 2.05) is 31.3 Å². The Morgan fingerprint density at radius 2 is 1.68 bits per heavy atom. The van der Waals surface area contributed by atoms with Gasteiger partial charge in [0.1, 0.15) is 0 Å². The molecule has 1 aromatic carbocycles. The fourth-order valence-corrected chi connectivity index (χ4v) is 2.29. The quantitative estimate of drug-likeness (QED) is 0.442. The van der Waals surface area contributed by atoms with Crippen LogP contribution in [0, 0.1) is 0 Å². The Kier molecular flexibility index (Phi) is 4.97. The second-order valence-corrected chi connectivity index (χ2v) is 6.60. The number of hydrogen-bond acceptors (Lipinski definition) is 5. The fourth-order valence-electron chi connectivity index (χ4n) is 2.29. The van der Waals surface area contributed by atoms with Gasteiger partial charge < -0.3 is 20.1 Å². The molecule has 1 aliphatic rings. The summed E-state index contributed by atoms with van der Waals surface area (Å²) in [6, 6.07) is 7.90.